The van der Waals surface area contributed by atoms with Crippen molar-refractivity contribution in [2.45, 2.75) is 12.4 Å². The number of furan rings is 1. The third-order valence-corrected chi connectivity index (χ3v) is 3.66. The molecule has 1 N–H and O–H groups in total. The van der Waals surface area contributed by atoms with E-state index < -0.39 is 12.4 Å². The van der Waals surface area contributed by atoms with Crippen LogP contribution in [-0.2, 0) is 9.53 Å². The van der Waals surface area contributed by atoms with Crippen molar-refractivity contribution in [2.75, 3.05) is 0 Å². The summed E-state index contributed by atoms with van der Waals surface area (Å²) in [6.45, 7) is 0. The maximum Gasteiger partial charge on any atom is 0.188 e. The van der Waals surface area contributed by atoms with Gasteiger partial charge in [0.1, 0.15) is 17.3 Å². The van der Waals surface area contributed by atoms with Crippen LogP contribution in [0.15, 0.2) is 59.0 Å². The molecule has 1 aromatic heterocycles. The third-order valence-electron chi connectivity index (χ3n) is 3.66. The fourth-order valence-electron chi connectivity index (χ4n) is 2.67. The summed E-state index contributed by atoms with van der Waals surface area (Å²) in [4.78, 5) is 11.9. The molecule has 0 amide bonds. The van der Waals surface area contributed by atoms with Crippen LogP contribution in [0.2, 0.25) is 0 Å². The summed E-state index contributed by atoms with van der Waals surface area (Å²) in [6.07, 6.45) is 0.869. The molecule has 21 heavy (non-hydrogen) atoms. The fraction of sp³-hybridized carbons (Fsp3) is 0.118. The zero-order chi connectivity index (χ0) is 14.4. The Morgan fingerprint density at radius 3 is 2.71 bits per heavy atom. The van der Waals surface area contributed by atoms with Crippen LogP contribution in [0.25, 0.3) is 21.9 Å². The lowest BCUT2D eigenvalue weighted by Gasteiger charge is -2.21. The largest absolute Gasteiger partial charge is 0.456 e. The molecule has 2 heterocycles. The van der Waals surface area contributed by atoms with E-state index in [9.17, 15) is 9.90 Å². The molecule has 0 saturated heterocycles. The van der Waals surface area contributed by atoms with Gasteiger partial charge in [-0.25, -0.2) is 0 Å². The zero-order valence-electron chi connectivity index (χ0n) is 11.0. The van der Waals surface area contributed by atoms with Crippen LogP contribution in [0, 0.1) is 0 Å². The quantitative estimate of drug-likeness (QED) is 0.744. The van der Waals surface area contributed by atoms with Crippen LogP contribution in [0.5, 0.6) is 0 Å². The Kier molecular flexibility index (Phi) is 2.67. The lowest BCUT2D eigenvalue weighted by atomic mass is 10.0. The van der Waals surface area contributed by atoms with E-state index in [1.807, 2.05) is 36.4 Å². The molecule has 0 spiro atoms. The molecule has 0 aliphatic carbocycles. The highest BCUT2D eigenvalue weighted by molar-refractivity contribution is 6.05. The first-order valence-corrected chi connectivity index (χ1v) is 6.69. The predicted molar refractivity (Wildman–Crippen MR) is 77.7 cm³/mol. The molecule has 104 valence electrons. The number of fused-ring (bicyclic) bond motifs is 3. The molecule has 2 atom stereocenters. The van der Waals surface area contributed by atoms with Crippen molar-refractivity contribution in [3.8, 4) is 0 Å². The Morgan fingerprint density at radius 2 is 1.81 bits per heavy atom. The molecule has 0 fully saturated rings. The van der Waals surface area contributed by atoms with E-state index in [4.69, 9.17) is 9.15 Å². The maximum atomic E-state index is 11.9. The minimum atomic E-state index is -1.05. The number of aliphatic hydroxyl groups is 1. The highest BCUT2D eigenvalue weighted by Gasteiger charge is 2.26. The average molecular weight is 280 g/mol. The summed E-state index contributed by atoms with van der Waals surface area (Å²) in [6, 6.07) is 13.2. The molecular weight excluding hydrogens is 268 g/mol. The van der Waals surface area contributed by atoms with Crippen LogP contribution in [0.4, 0.5) is 0 Å². The first-order valence-electron chi connectivity index (χ1n) is 6.69. The van der Waals surface area contributed by atoms with Crippen molar-refractivity contribution < 1.29 is 19.1 Å². The minimum absolute atomic E-state index is 0.174. The second-order valence-corrected chi connectivity index (χ2v) is 5.02. The molecule has 4 heteroatoms. The summed E-state index contributed by atoms with van der Waals surface area (Å²) < 4.78 is 11.1. The number of ketones is 1. The number of ether oxygens (including phenoxy) is 1. The van der Waals surface area contributed by atoms with E-state index >= 15 is 0 Å². The summed E-state index contributed by atoms with van der Waals surface area (Å²) >= 11 is 0. The normalized spacial score (nSPS) is 22.2. The van der Waals surface area contributed by atoms with E-state index in [2.05, 4.69) is 0 Å². The lowest BCUT2D eigenvalue weighted by molar-refractivity contribution is -0.149. The number of carbonyl (C=O) groups is 1. The van der Waals surface area contributed by atoms with Crippen molar-refractivity contribution in [1.29, 1.82) is 0 Å². The molecule has 1 aliphatic rings. The van der Waals surface area contributed by atoms with Gasteiger partial charge in [-0.15, -0.1) is 0 Å². The number of rotatable bonds is 1. The van der Waals surface area contributed by atoms with E-state index in [0.29, 0.717) is 5.56 Å². The SMILES string of the molecule is O=C1C=C[C@@H](O)O[C@@H]1c1ccc2oc3ccccc3c2c1. The predicted octanol–water partition coefficient (Wildman–Crippen LogP) is 3.10. The molecular formula is C17H12O4. The molecule has 0 saturated carbocycles. The van der Waals surface area contributed by atoms with Gasteiger partial charge < -0.3 is 14.3 Å². The van der Waals surface area contributed by atoms with Gasteiger partial charge in [0.15, 0.2) is 12.1 Å². The molecule has 3 aromatic rings. The summed E-state index contributed by atoms with van der Waals surface area (Å²) in [7, 11) is 0. The molecule has 1 aliphatic heterocycles. The summed E-state index contributed by atoms with van der Waals surface area (Å²) in [5.41, 5.74) is 2.28. The van der Waals surface area contributed by atoms with E-state index in [1.54, 1.807) is 6.07 Å². The Balaban J connectivity index is 1.88. The number of carbonyl (C=O) groups excluding carboxylic acids is 1. The Labute approximate surface area is 120 Å². The van der Waals surface area contributed by atoms with Gasteiger partial charge in [-0.05, 0) is 35.9 Å². The number of benzene rings is 2. The van der Waals surface area contributed by atoms with Crippen LogP contribution < -0.4 is 0 Å². The lowest BCUT2D eigenvalue weighted by Crippen LogP contribution is -2.24. The Bertz CT molecular complexity index is 875. The van der Waals surface area contributed by atoms with Gasteiger partial charge >= 0.3 is 0 Å². The second-order valence-electron chi connectivity index (χ2n) is 5.02. The van der Waals surface area contributed by atoms with Crippen molar-refractivity contribution in [2.24, 2.45) is 0 Å². The van der Waals surface area contributed by atoms with E-state index in [-0.39, 0.29) is 5.78 Å². The number of para-hydroxylation sites is 1. The van der Waals surface area contributed by atoms with Gasteiger partial charge in [0, 0.05) is 10.8 Å². The first-order chi connectivity index (χ1) is 10.2. The van der Waals surface area contributed by atoms with Gasteiger partial charge in [0.2, 0.25) is 0 Å². The van der Waals surface area contributed by atoms with Crippen molar-refractivity contribution in [1.82, 2.24) is 0 Å². The van der Waals surface area contributed by atoms with Crippen molar-refractivity contribution in [3.05, 3.63) is 60.2 Å². The standard InChI is InChI=1S/C17H12O4/c18-13-6-8-16(19)21-17(13)10-5-7-15-12(9-10)11-3-1-2-4-14(11)20-15/h1-9,16-17,19H/t16-,17+/m0/s1. The summed E-state index contributed by atoms with van der Waals surface area (Å²) in [5.74, 6) is -0.174. The van der Waals surface area contributed by atoms with Gasteiger partial charge in [-0.1, -0.05) is 24.3 Å². The first kappa shape index (κ1) is 12.3. The highest BCUT2D eigenvalue weighted by Crippen LogP contribution is 2.32. The minimum Gasteiger partial charge on any atom is -0.456 e. The van der Waals surface area contributed by atoms with E-state index in [1.165, 1.54) is 12.2 Å². The highest BCUT2D eigenvalue weighted by atomic mass is 16.6. The smallest absolute Gasteiger partial charge is 0.188 e. The van der Waals surface area contributed by atoms with E-state index in [0.717, 1.165) is 21.9 Å². The van der Waals surface area contributed by atoms with Gasteiger partial charge in [0.25, 0.3) is 0 Å². The van der Waals surface area contributed by atoms with Crippen LogP contribution in [0.1, 0.15) is 11.7 Å². The maximum absolute atomic E-state index is 11.9. The molecule has 2 aromatic carbocycles. The zero-order valence-corrected chi connectivity index (χ0v) is 11.0. The van der Waals surface area contributed by atoms with Crippen LogP contribution in [0.3, 0.4) is 0 Å². The Morgan fingerprint density at radius 1 is 1.00 bits per heavy atom. The number of hydrogen-bond donors (Lipinski definition) is 1. The third kappa shape index (κ3) is 1.96. The number of hydrogen-bond acceptors (Lipinski definition) is 4. The monoisotopic (exact) mass is 280 g/mol. The second kappa shape index (κ2) is 4.55. The topological polar surface area (TPSA) is 59.7 Å². The molecule has 4 nitrogen and oxygen atoms in total. The van der Waals surface area contributed by atoms with Crippen LogP contribution >= 0.6 is 0 Å². The molecule has 4 rings (SSSR count). The van der Waals surface area contributed by atoms with Crippen molar-refractivity contribution >= 4 is 27.7 Å². The number of aliphatic hydroxyl groups excluding tert-OH is 1. The molecule has 0 radical (unpaired) electrons. The Hall–Kier alpha value is -2.43. The van der Waals surface area contributed by atoms with Crippen LogP contribution in [-0.4, -0.2) is 17.2 Å². The van der Waals surface area contributed by atoms with Gasteiger partial charge in [-0.2, -0.15) is 0 Å². The molecule has 0 unspecified atom stereocenters. The summed E-state index contributed by atoms with van der Waals surface area (Å²) in [5, 5.41) is 11.5. The van der Waals surface area contributed by atoms with Crippen molar-refractivity contribution in [3.63, 3.8) is 0 Å². The van der Waals surface area contributed by atoms with Gasteiger partial charge in [0.05, 0.1) is 0 Å². The fourth-order valence-corrected chi connectivity index (χ4v) is 2.67. The molecule has 0 bridgehead atoms. The average Bonchev–Trinajstić information content (AvgIpc) is 2.87. The van der Waals surface area contributed by atoms with Gasteiger partial charge in [-0.3, -0.25) is 4.79 Å².